The molecule has 0 amide bonds. The third kappa shape index (κ3) is 5.61. The van der Waals surface area contributed by atoms with Crippen molar-refractivity contribution in [1.29, 1.82) is 0 Å². The second-order valence-corrected chi connectivity index (χ2v) is 17.9. The van der Waals surface area contributed by atoms with Crippen molar-refractivity contribution in [3.05, 3.63) is 193 Å². The number of para-hydroxylation sites is 5. The van der Waals surface area contributed by atoms with Crippen molar-refractivity contribution in [1.82, 2.24) is 18.7 Å². The van der Waals surface area contributed by atoms with Crippen LogP contribution in [0.4, 0.5) is 0 Å². The van der Waals surface area contributed by atoms with E-state index in [9.17, 15) is 0 Å². The number of fused-ring (bicyclic) bond motifs is 9. The molecule has 4 aromatic heterocycles. The van der Waals surface area contributed by atoms with Gasteiger partial charge in [-0.3, -0.25) is 4.57 Å². The average molecular weight is 763 g/mol. The molecule has 0 saturated heterocycles. The van der Waals surface area contributed by atoms with Crippen LogP contribution in [-0.2, 0) is 17.3 Å². The molecule has 0 spiro atoms. The van der Waals surface area contributed by atoms with Gasteiger partial charge in [0.2, 0.25) is 0 Å². The van der Waals surface area contributed by atoms with E-state index in [2.05, 4.69) is 224 Å². The number of benzene rings is 7. The molecular weight excluding hydrogens is 717 g/mol. The maximum atomic E-state index is 5.39. The van der Waals surface area contributed by atoms with Crippen LogP contribution in [0.2, 0.25) is 0 Å². The van der Waals surface area contributed by atoms with Gasteiger partial charge in [-0.05, 0) is 95.8 Å². The molecule has 0 bridgehead atoms. The first kappa shape index (κ1) is 35.3. The Kier molecular flexibility index (Phi) is 7.80. The molecule has 0 aliphatic carbocycles. The van der Waals surface area contributed by atoms with Crippen LogP contribution >= 0.6 is 0 Å². The van der Waals surface area contributed by atoms with E-state index in [1.165, 1.54) is 87.9 Å². The molecule has 4 nitrogen and oxygen atoms in total. The Morgan fingerprint density at radius 1 is 0.390 bits per heavy atom. The average Bonchev–Trinajstić information content (AvgIpc) is 3.89. The summed E-state index contributed by atoms with van der Waals surface area (Å²) in [6, 6.07) is 64.5. The highest BCUT2D eigenvalue weighted by Crippen LogP contribution is 2.39. The monoisotopic (exact) mass is 762 g/mol. The minimum atomic E-state index is -0.223. The van der Waals surface area contributed by atoms with Crippen LogP contribution in [0.25, 0.3) is 82.6 Å². The van der Waals surface area contributed by atoms with Crippen LogP contribution in [0.1, 0.15) is 51.4 Å². The zero-order valence-electron chi connectivity index (χ0n) is 34.2. The van der Waals surface area contributed by atoms with Crippen molar-refractivity contribution in [3.8, 4) is 17.2 Å². The Morgan fingerprint density at radius 3 is 1.29 bits per heavy atom. The summed E-state index contributed by atoms with van der Waals surface area (Å²) >= 11 is 0. The minimum absolute atomic E-state index is 0.0616. The first-order chi connectivity index (χ1) is 28.6. The van der Waals surface area contributed by atoms with E-state index < -0.39 is 0 Å². The predicted octanol–water partition coefficient (Wildman–Crippen LogP) is 14.2. The molecular formula is C55H46N4. The number of rotatable bonds is 6. The molecule has 0 aliphatic heterocycles. The summed E-state index contributed by atoms with van der Waals surface area (Å²) in [5.74, 6) is 0.948. The Morgan fingerprint density at radius 2 is 0.814 bits per heavy atom. The van der Waals surface area contributed by atoms with Crippen LogP contribution in [0.5, 0.6) is 0 Å². The molecule has 0 unspecified atom stereocenters. The number of hydrogen-bond acceptors (Lipinski definition) is 1. The Balaban J connectivity index is 1.03. The fourth-order valence-electron chi connectivity index (χ4n) is 9.59. The van der Waals surface area contributed by atoms with Gasteiger partial charge in [0, 0.05) is 54.8 Å². The molecule has 11 rings (SSSR count). The molecule has 4 heteroatoms. The zero-order valence-corrected chi connectivity index (χ0v) is 34.2. The molecule has 0 atom stereocenters. The topological polar surface area (TPSA) is 27.7 Å². The van der Waals surface area contributed by atoms with Gasteiger partial charge in [0.1, 0.15) is 5.82 Å². The van der Waals surface area contributed by atoms with E-state index in [4.69, 9.17) is 4.98 Å². The van der Waals surface area contributed by atoms with Gasteiger partial charge in [-0.25, -0.2) is 4.98 Å². The molecule has 4 heterocycles. The number of aromatic nitrogens is 4. The Hall–Kier alpha value is -6.91. The van der Waals surface area contributed by atoms with Crippen molar-refractivity contribution >= 4 is 65.4 Å². The first-order valence-electron chi connectivity index (χ1n) is 20.8. The molecule has 0 radical (unpaired) electrons. The fraction of sp³-hybridized carbons (Fsp3) is 0.145. The van der Waals surface area contributed by atoms with Gasteiger partial charge in [0.25, 0.3) is 0 Å². The lowest BCUT2D eigenvalue weighted by atomic mass is 9.82. The third-order valence-corrected chi connectivity index (χ3v) is 12.5. The van der Waals surface area contributed by atoms with E-state index in [-0.39, 0.29) is 10.8 Å². The van der Waals surface area contributed by atoms with Gasteiger partial charge >= 0.3 is 0 Å². The van der Waals surface area contributed by atoms with Crippen LogP contribution in [0, 0.1) is 0 Å². The van der Waals surface area contributed by atoms with E-state index in [0.717, 1.165) is 17.9 Å². The molecule has 0 N–H and O–H groups in total. The van der Waals surface area contributed by atoms with E-state index in [1.54, 1.807) is 0 Å². The van der Waals surface area contributed by atoms with E-state index >= 15 is 0 Å². The summed E-state index contributed by atoms with van der Waals surface area (Å²) in [6.07, 6.45) is 0.851. The van der Waals surface area contributed by atoms with Crippen molar-refractivity contribution in [2.24, 2.45) is 0 Å². The molecule has 0 saturated carbocycles. The van der Waals surface area contributed by atoms with Gasteiger partial charge < -0.3 is 9.13 Å². The van der Waals surface area contributed by atoms with Crippen molar-refractivity contribution in [2.45, 2.75) is 51.9 Å². The quantitative estimate of drug-likeness (QED) is 0.166. The van der Waals surface area contributed by atoms with Crippen LogP contribution in [-0.4, -0.2) is 18.7 Å². The van der Waals surface area contributed by atoms with Crippen molar-refractivity contribution in [3.63, 3.8) is 0 Å². The van der Waals surface area contributed by atoms with Gasteiger partial charge in [0.05, 0.1) is 33.1 Å². The lowest BCUT2D eigenvalue weighted by Gasteiger charge is -2.25. The van der Waals surface area contributed by atoms with Gasteiger partial charge in [-0.15, -0.1) is 0 Å². The standard InChI is InChI=1S/C55H46N4/c1-54(2,3)37-32-38(57-46-22-11-6-17-40(46)41-18-7-12-23-47(41)57)34-39(33-37)58-48-24-13-10-21-44(48)45-31-36(29-30-51(45)58)35-55(4,5)52-27-16-28-53(56-52)59-49-25-14-8-19-42(49)43-20-9-15-26-50(43)59/h6-34H,35H2,1-5H3. The smallest absolute Gasteiger partial charge is 0.137 e. The predicted molar refractivity (Wildman–Crippen MR) is 249 cm³/mol. The van der Waals surface area contributed by atoms with Gasteiger partial charge in [-0.1, -0.05) is 138 Å². The highest BCUT2D eigenvalue weighted by atomic mass is 15.1. The largest absolute Gasteiger partial charge is 0.309 e. The summed E-state index contributed by atoms with van der Waals surface area (Å²) in [5, 5.41) is 7.55. The molecule has 7 aromatic carbocycles. The third-order valence-electron chi connectivity index (χ3n) is 12.5. The number of pyridine rings is 1. The van der Waals surface area contributed by atoms with Gasteiger partial charge in [-0.2, -0.15) is 0 Å². The van der Waals surface area contributed by atoms with Gasteiger partial charge in [0.15, 0.2) is 0 Å². The second-order valence-electron chi connectivity index (χ2n) is 17.9. The SMILES string of the molecule is CC(C)(C)c1cc(-n2c3ccccc3c3ccccc32)cc(-n2c3ccccc3c3cc(CC(C)(C)c4cccc(-n5c6ccccc6c6ccccc65)n4)ccc32)c1. The molecule has 286 valence electrons. The Bertz CT molecular complexity index is 3330. The second kappa shape index (κ2) is 13.1. The number of hydrogen-bond donors (Lipinski definition) is 0. The summed E-state index contributed by atoms with van der Waals surface area (Å²) < 4.78 is 7.23. The Labute approximate surface area is 344 Å². The van der Waals surface area contributed by atoms with Crippen LogP contribution in [0.15, 0.2) is 176 Å². The lowest BCUT2D eigenvalue weighted by Crippen LogP contribution is -2.22. The first-order valence-corrected chi connectivity index (χ1v) is 20.8. The maximum absolute atomic E-state index is 5.39. The fourth-order valence-corrected chi connectivity index (χ4v) is 9.59. The van der Waals surface area contributed by atoms with Crippen molar-refractivity contribution < 1.29 is 0 Å². The summed E-state index contributed by atoms with van der Waals surface area (Å²) in [4.78, 5) is 5.39. The summed E-state index contributed by atoms with van der Waals surface area (Å²) in [7, 11) is 0. The maximum Gasteiger partial charge on any atom is 0.137 e. The highest BCUT2D eigenvalue weighted by Gasteiger charge is 2.26. The lowest BCUT2D eigenvalue weighted by molar-refractivity contribution is 0.505. The number of nitrogens with zero attached hydrogens (tertiary/aromatic N) is 4. The normalized spacial score (nSPS) is 12.6. The molecule has 0 aliphatic rings. The van der Waals surface area contributed by atoms with Crippen LogP contribution in [0.3, 0.4) is 0 Å². The summed E-state index contributed by atoms with van der Waals surface area (Å²) in [5.41, 5.74) is 12.9. The molecule has 0 fully saturated rings. The zero-order chi connectivity index (χ0) is 40.0. The highest BCUT2D eigenvalue weighted by molar-refractivity contribution is 6.11. The van der Waals surface area contributed by atoms with Crippen LogP contribution < -0.4 is 0 Å². The molecule has 11 aromatic rings. The van der Waals surface area contributed by atoms with Crippen molar-refractivity contribution in [2.75, 3.05) is 0 Å². The minimum Gasteiger partial charge on any atom is -0.309 e. The summed E-state index contributed by atoms with van der Waals surface area (Å²) in [6.45, 7) is 11.6. The molecule has 59 heavy (non-hydrogen) atoms. The van der Waals surface area contributed by atoms with E-state index in [0.29, 0.717) is 0 Å². The van der Waals surface area contributed by atoms with E-state index in [1.807, 2.05) is 0 Å².